The fourth-order valence-electron chi connectivity index (χ4n) is 3.97. The SMILES string of the molecule is CC1CCC(CO)(CN2CCCC2C(C)C)CC1. The van der Waals surface area contributed by atoms with Crippen LogP contribution in [0.5, 0.6) is 0 Å². The van der Waals surface area contributed by atoms with Gasteiger partial charge in [0.05, 0.1) is 0 Å². The standard InChI is InChI=1S/C16H31NO/c1-13(2)15-5-4-10-17(15)11-16(12-18)8-6-14(3)7-9-16/h13-15,18H,4-12H2,1-3H3. The summed E-state index contributed by atoms with van der Waals surface area (Å²) in [7, 11) is 0. The molecule has 18 heavy (non-hydrogen) atoms. The van der Waals surface area contributed by atoms with Crippen LogP contribution in [0.15, 0.2) is 0 Å². The van der Waals surface area contributed by atoms with E-state index in [2.05, 4.69) is 25.7 Å². The molecule has 2 nitrogen and oxygen atoms in total. The zero-order valence-corrected chi connectivity index (χ0v) is 12.5. The first-order valence-corrected chi connectivity index (χ1v) is 7.91. The highest BCUT2D eigenvalue weighted by Crippen LogP contribution is 2.40. The van der Waals surface area contributed by atoms with Gasteiger partial charge in [0.25, 0.3) is 0 Å². The van der Waals surface area contributed by atoms with E-state index < -0.39 is 0 Å². The van der Waals surface area contributed by atoms with Crippen molar-refractivity contribution in [1.29, 1.82) is 0 Å². The molecular formula is C16H31NO. The van der Waals surface area contributed by atoms with Crippen LogP contribution in [0.4, 0.5) is 0 Å². The zero-order chi connectivity index (χ0) is 13.2. The molecule has 2 heteroatoms. The van der Waals surface area contributed by atoms with Crippen LogP contribution in [0.2, 0.25) is 0 Å². The number of aliphatic hydroxyl groups excluding tert-OH is 1. The summed E-state index contributed by atoms with van der Waals surface area (Å²) in [5.41, 5.74) is 0.212. The molecule has 0 radical (unpaired) electrons. The molecular weight excluding hydrogens is 222 g/mol. The van der Waals surface area contributed by atoms with Crippen molar-refractivity contribution in [2.75, 3.05) is 19.7 Å². The molecule has 0 aromatic heterocycles. The van der Waals surface area contributed by atoms with Crippen LogP contribution in [0.1, 0.15) is 59.3 Å². The number of hydrogen-bond acceptors (Lipinski definition) is 2. The van der Waals surface area contributed by atoms with Gasteiger partial charge in [-0.05, 0) is 44.1 Å². The molecule has 0 bridgehead atoms. The van der Waals surface area contributed by atoms with Crippen molar-refractivity contribution in [3.63, 3.8) is 0 Å². The Morgan fingerprint density at radius 2 is 1.89 bits per heavy atom. The Balaban J connectivity index is 1.97. The minimum Gasteiger partial charge on any atom is -0.396 e. The minimum absolute atomic E-state index is 0.212. The Kier molecular flexibility index (Phi) is 4.71. The summed E-state index contributed by atoms with van der Waals surface area (Å²) >= 11 is 0. The van der Waals surface area contributed by atoms with E-state index in [0.717, 1.165) is 24.4 Å². The molecule has 2 aliphatic rings. The fraction of sp³-hybridized carbons (Fsp3) is 1.00. The number of hydrogen-bond donors (Lipinski definition) is 1. The summed E-state index contributed by atoms with van der Waals surface area (Å²) in [5.74, 6) is 1.62. The minimum atomic E-state index is 0.212. The third kappa shape index (κ3) is 3.08. The van der Waals surface area contributed by atoms with Crippen LogP contribution in [0, 0.1) is 17.3 Å². The Bertz CT molecular complexity index is 256. The second-order valence-electron chi connectivity index (χ2n) is 7.26. The number of nitrogens with zero attached hydrogens (tertiary/aromatic N) is 1. The molecule has 1 saturated heterocycles. The van der Waals surface area contributed by atoms with Crippen LogP contribution >= 0.6 is 0 Å². The molecule has 1 aliphatic carbocycles. The van der Waals surface area contributed by atoms with E-state index in [9.17, 15) is 5.11 Å². The first-order valence-electron chi connectivity index (χ1n) is 7.91. The van der Waals surface area contributed by atoms with Crippen molar-refractivity contribution in [3.8, 4) is 0 Å². The normalized spacial score (nSPS) is 38.5. The maximum absolute atomic E-state index is 9.89. The van der Waals surface area contributed by atoms with Crippen molar-refractivity contribution in [2.24, 2.45) is 17.3 Å². The molecule has 0 spiro atoms. The van der Waals surface area contributed by atoms with Gasteiger partial charge >= 0.3 is 0 Å². The van der Waals surface area contributed by atoms with Gasteiger partial charge < -0.3 is 5.11 Å². The lowest BCUT2D eigenvalue weighted by Gasteiger charge is -2.42. The van der Waals surface area contributed by atoms with E-state index in [1.807, 2.05) is 0 Å². The summed E-state index contributed by atoms with van der Waals surface area (Å²) < 4.78 is 0. The van der Waals surface area contributed by atoms with Gasteiger partial charge in [-0.3, -0.25) is 4.90 Å². The monoisotopic (exact) mass is 253 g/mol. The van der Waals surface area contributed by atoms with Gasteiger partial charge in [-0.25, -0.2) is 0 Å². The maximum atomic E-state index is 9.89. The van der Waals surface area contributed by atoms with E-state index in [1.54, 1.807) is 0 Å². The highest BCUT2D eigenvalue weighted by molar-refractivity contribution is 4.91. The second-order valence-corrected chi connectivity index (χ2v) is 7.26. The summed E-state index contributed by atoms with van der Waals surface area (Å²) in [6, 6.07) is 0.757. The topological polar surface area (TPSA) is 23.5 Å². The third-order valence-electron chi connectivity index (χ3n) is 5.39. The van der Waals surface area contributed by atoms with Gasteiger partial charge in [0.2, 0.25) is 0 Å². The van der Waals surface area contributed by atoms with Gasteiger partial charge in [0.15, 0.2) is 0 Å². The highest BCUT2D eigenvalue weighted by Gasteiger charge is 2.38. The summed E-state index contributed by atoms with van der Waals surface area (Å²) in [4.78, 5) is 2.68. The van der Waals surface area contributed by atoms with Gasteiger partial charge in [0, 0.05) is 24.6 Å². The largest absolute Gasteiger partial charge is 0.396 e. The van der Waals surface area contributed by atoms with Crippen LogP contribution in [-0.2, 0) is 0 Å². The molecule has 1 N–H and O–H groups in total. The smallest absolute Gasteiger partial charge is 0.0499 e. The zero-order valence-electron chi connectivity index (χ0n) is 12.5. The van der Waals surface area contributed by atoms with Crippen molar-refractivity contribution in [2.45, 2.75) is 65.3 Å². The predicted octanol–water partition coefficient (Wildman–Crippen LogP) is 3.30. The van der Waals surface area contributed by atoms with Crippen molar-refractivity contribution >= 4 is 0 Å². The van der Waals surface area contributed by atoms with E-state index in [4.69, 9.17) is 0 Å². The van der Waals surface area contributed by atoms with Gasteiger partial charge in [-0.15, -0.1) is 0 Å². The van der Waals surface area contributed by atoms with Gasteiger partial charge in [-0.2, -0.15) is 0 Å². The van der Waals surface area contributed by atoms with Crippen molar-refractivity contribution in [1.82, 2.24) is 4.90 Å². The van der Waals surface area contributed by atoms with Crippen LogP contribution in [0.3, 0.4) is 0 Å². The number of aliphatic hydroxyl groups is 1. The molecule has 0 amide bonds. The Labute approximate surface area is 113 Å². The quantitative estimate of drug-likeness (QED) is 0.831. The van der Waals surface area contributed by atoms with Crippen LogP contribution in [-0.4, -0.2) is 35.7 Å². The average molecular weight is 253 g/mol. The molecule has 2 fully saturated rings. The molecule has 0 aromatic carbocycles. The fourth-order valence-corrected chi connectivity index (χ4v) is 3.97. The van der Waals surface area contributed by atoms with Gasteiger partial charge in [0.1, 0.15) is 0 Å². The van der Waals surface area contributed by atoms with Crippen molar-refractivity contribution < 1.29 is 5.11 Å². The third-order valence-corrected chi connectivity index (χ3v) is 5.39. The first kappa shape index (κ1) is 14.3. The molecule has 106 valence electrons. The Morgan fingerprint density at radius 3 is 2.44 bits per heavy atom. The van der Waals surface area contributed by atoms with E-state index in [1.165, 1.54) is 45.1 Å². The lowest BCUT2D eigenvalue weighted by Crippen LogP contribution is -2.45. The van der Waals surface area contributed by atoms with E-state index >= 15 is 0 Å². The maximum Gasteiger partial charge on any atom is 0.0499 e. The molecule has 1 heterocycles. The van der Waals surface area contributed by atoms with E-state index in [0.29, 0.717) is 6.61 Å². The van der Waals surface area contributed by atoms with E-state index in [-0.39, 0.29) is 5.41 Å². The summed E-state index contributed by atoms with van der Waals surface area (Å²) in [6.07, 6.45) is 7.77. The highest BCUT2D eigenvalue weighted by atomic mass is 16.3. The summed E-state index contributed by atoms with van der Waals surface area (Å²) in [6.45, 7) is 9.82. The Morgan fingerprint density at radius 1 is 1.22 bits per heavy atom. The molecule has 1 saturated carbocycles. The molecule has 1 aliphatic heterocycles. The summed E-state index contributed by atoms with van der Waals surface area (Å²) in [5, 5.41) is 9.89. The molecule has 1 unspecified atom stereocenters. The lowest BCUT2D eigenvalue weighted by atomic mass is 9.71. The Hall–Kier alpha value is -0.0800. The molecule has 2 rings (SSSR count). The van der Waals surface area contributed by atoms with Crippen LogP contribution < -0.4 is 0 Å². The molecule has 1 atom stereocenters. The van der Waals surface area contributed by atoms with Crippen LogP contribution in [0.25, 0.3) is 0 Å². The number of likely N-dealkylation sites (tertiary alicyclic amines) is 1. The molecule has 0 aromatic rings. The number of rotatable bonds is 4. The van der Waals surface area contributed by atoms with Gasteiger partial charge in [-0.1, -0.05) is 33.6 Å². The first-order chi connectivity index (χ1) is 8.56. The lowest BCUT2D eigenvalue weighted by molar-refractivity contribution is 0.0200. The average Bonchev–Trinajstić information content (AvgIpc) is 2.80. The predicted molar refractivity (Wildman–Crippen MR) is 76.6 cm³/mol. The second kappa shape index (κ2) is 5.92. The van der Waals surface area contributed by atoms with Crippen molar-refractivity contribution in [3.05, 3.63) is 0 Å².